The largest absolute Gasteiger partial charge is 0.497 e. The van der Waals surface area contributed by atoms with Crippen molar-refractivity contribution in [3.05, 3.63) is 59.7 Å². The Hall–Kier alpha value is -2.69. The molecule has 2 aromatic rings. The second kappa shape index (κ2) is 9.45. The number of methoxy groups -OCH3 is 1. The van der Waals surface area contributed by atoms with Crippen LogP contribution in [-0.2, 0) is 13.1 Å². The van der Waals surface area contributed by atoms with Gasteiger partial charge < -0.3 is 20.1 Å². The highest BCUT2D eigenvalue weighted by atomic mass is 16.5. The molecule has 0 amide bonds. The van der Waals surface area contributed by atoms with Crippen LogP contribution < -0.4 is 20.1 Å². The molecule has 0 aliphatic rings. The number of benzene rings is 2. The number of para-hydroxylation sites is 1. The molecular formula is C19H25N3O2. The van der Waals surface area contributed by atoms with Crippen molar-refractivity contribution in [2.45, 2.75) is 20.0 Å². The minimum Gasteiger partial charge on any atom is -0.497 e. The average Bonchev–Trinajstić information content (AvgIpc) is 2.64. The molecule has 5 nitrogen and oxygen atoms in total. The van der Waals surface area contributed by atoms with Gasteiger partial charge in [-0.25, -0.2) is 0 Å². The highest BCUT2D eigenvalue weighted by Crippen LogP contribution is 2.17. The first-order valence-corrected chi connectivity index (χ1v) is 8.05. The second-order valence-corrected chi connectivity index (χ2v) is 5.17. The van der Waals surface area contributed by atoms with Gasteiger partial charge in [0, 0.05) is 25.7 Å². The predicted octanol–water partition coefficient (Wildman–Crippen LogP) is 2.96. The van der Waals surface area contributed by atoms with E-state index in [0.29, 0.717) is 19.7 Å². The van der Waals surface area contributed by atoms with Crippen molar-refractivity contribution in [2.75, 3.05) is 20.8 Å². The zero-order valence-corrected chi connectivity index (χ0v) is 14.5. The molecule has 2 aromatic carbocycles. The Morgan fingerprint density at radius 2 is 1.71 bits per heavy atom. The van der Waals surface area contributed by atoms with E-state index in [0.717, 1.165) is 28.6 Å². The van der Waals surface area contributed by atoms with Crippen LogP contribution in [0.4, 0.5) is 0 Å². The molecule has 2 N–H and O–H groups in total. The van der Waals surface area contributed by atoms with Crippen LogP contribution in [-0.4, -0.2) is 26.7 Å². The topological polar surface area (TPSA) is 54.9 Å². The minimum atomic E-state index is 0.651. The number of rotatable bonds is 7. The van der Waals surface area contributed by atoms with Gasteiger partial charge in [0.25, 0.3) is 0 Å². The van der Waals surface area contributed by atoms with Crippen molar-refractivity contribution < 1.29 is 9.47 Å². The van der Waals surface area contributed by atoms with Crippen LogP contribution in [0.5, 0.6) is 11.5 Å². The molecular weight excluding hydrogens is 302 g/mol. The molecule has 0 unspecified atom stereocenters. The molecule has 0 spiro atoms. The maximum Gasteiger partial charge on any atom is 0.191 e. The van der Waals surface area contributed by atoms with Crippen molar-refractivity contribution in [3.63, 3.8) is 0 Å². The Morgan fingerprint density at radius 3 is 2.38 bits per heavy atom. The van der Waals surface area contributed by atoms with E-state index in [1.807, 2.05) is 49.4 Å². The van der Waals surface area contributed by atoms with Gasteiger partial charge in [-0.05, 0) is 30.7 Å². The molecule has 0 fully saturated rings. The van der Waals surface area contributed by atoms with Crippen molar-refractivity contribution in [1.82, 2.24) is 10.6 Å². The van der Waals surface area contributed by atoms with Gasteiger partial charge in [-0.15, -0.1) is 0 Å². The van der Waals surface area contributed by atoms with Crippen LogP contribution >= 0.6 is 0 Å². The number of hydrogen-bond donors (Lipinski definition) is 2. The summed E-state index contributed by atoms with van der Waals surface area (Å²) in [6, 6.07) is 16.0. The Labute approximate surface area is 143 Å². The lowest BCUT2D eigenvalue weighted by Gasteiger charge is -2.14. The maximum absolute atomic E-state index is 5.64. The minimum absolute atomic E-state index is 0.651. The van der Waals surface area contributed by atoms with Gasteiger partial charge in [-0.3, -0.25) is 4.99 Å². The van der Waals surface area contributed by atoms with Crippen molar-refractivity contribution >= 4 is 5.96 Å². The molecule has 2 rings (SSSR count). The fourth-order valence-corrected chi connectivity index (χ4v) is 2.27. The van der Waals surface area contributed by atoms with E-state index >= 15 is 0 Å². The Bertz CT molecular complexity index is 654. The fourth-order valence-electron chi connectivity index (χ4n) is 2.27. The summed E-state index contributed by atoms with van der Waals surface area (Å²) < 4.78 is 10.8. The van der Waals surface area contributed by atoms with E-state index in [2.05, 4.69) is 21.7 Å². The van der Waals surface area contributed by atoms with Gasteiger partial charge >= 0.3 is 0 Å². The molecule has 0 aliphatic heterocycles. The van der Waals surface area contributed by atoms with E-state index < -0.39 is 0 Å². The van der Waals surface area contributed by atoms with Crippen LogP contribution in [0.1, 0.15) is 18.1 Å². The summed E-state index contributed by atoms with van der Waals surface area (Å²) >= 11 is 0. The molecule has 0 heterocycles. The van der Waals surface area contributed by atoms with Crippen molar-refractivity contribution in [1.29, 1.82) is 0 Å². The summed E-state index contributed by atoms with van der Waals surface area (Å²) in [6.07, 6.45) is 0. The third-order valence-corrected chi connectivity index (χ3v) is 3.56. The number of aliphatic imine (C=N–C) groups is 1. The highest BCUT2D eigenvalue weighted by Gasteiger charge is 2.04. The van der Waals surface area contributed by atoms with Crippen molar-refractivity contribution in [3.8, 4) is 11.5 Å². The van der Waals surface area contributed by atoms with Crippen LogP contribution in [0.2, 0.25) is 0 Å². The third-order valence-electron chi connectivity index (χ3n) is 3.56. The summed E-state index contributed by atoms with van der Waals surface area (Å²) in [6.45, 7) is 3.98. The molecule has 0 saturated heterocycles. The van der Waals surface area contributed by atoms with Gasteiger partial charge in [0.2, 0.25) is 0 Å². The predicted molar refractivity (Wildman–Crippen MR) is 97.6 cm³/mol. The van der Waals surface area contributed by atoms with E-state index in [1.54, 1.807) is 14.2 Å². The standard InChI is InChI=1S/C19H25N3O2/c1-4-24-18-8-6-5-7-16(18)14-22-19(20-2)21-13-15-9-11-17(23-3)12-10-15/h5-12H,4,13-14H2,1-3H3,(H2,20,21,22). The highest BCUT2D eigenvalue weighted by molar-refractivity contribution is 5.79. The molecule has 0 aliphatic carbocycles. The molecule has 5 heteroatoms. The number of nitrogens with zero attached hydrogens (tertiary/aromatic N) is 1. The van der Waals surface area contributed by atoms with Gasteiger partial charge in [0.15, 0.2) is 5.96 Å². The average molecular weight is 327 g/mol. The summed E-state index contributed by atoms with van der Waals surface area (Å²) in [5, 5.41) is 6.61. The lowest BCUT2D eigenvalue weighted by molar-refractivity contribution is 0.336. The fraction of sp³-hybridized carbons (Fsp3) is 0.316. The van der Waals surface area contributed by atoms with Crippen LogP contribution in [0.25, 0.3) is 0 Å². The van der Waals surface area contributed by atoms with Gasteiger partial charge in [0.1, 0.15) is 11.5 Å². The summed E-state index contributed by atoms with van der Waals surface area (Å²) in [5.41, 5.74) is 2.26. The zero-order chi connectivity index (χ0) is 17.2. The van der Waals surface area contributed by atoms with Crippen LogP contribution in [0.3, 0.4) is 0 Å². The van der Waals surface area contributed by atoms with E-state index in [1.165, 1.54) is 0 Å². The molecule has 128 valence electrons. The molecule has 0 aromatic heterocycles. The molecule has 0 saturated carbocycles. The zero-order valence-electron chi connectivity index (χ0n) is 14.5. The number of guanidine groups is 1. The van der Waals surface area contributed by atoms with Crippen molar-refractivity contribution in [2.24, 2.45) is 4.99 Å². The summed E-state index contributed by atoms with van der Waals surface area (Å²) in [5.74, 6) is 2.50. The SMILES string of the molecule is CCOc1ccccc1CNC(=NC)NCc1ccc(OC)cc1. The van der Waals surface area contributed by atoms with E-state index in [4.69, 9.17) is 9.47 Å². The number of hydrogen-bond acceptors (Lipinski definition) is 3. The first kappa shape index (κ1) is 17.7. The number of ether oxygens (including phenoxy) is 2. The number of nitrogens with one attached hydrogen (secondary N) is 2. The Kier molecular flexibility index (Phi) is 6.95. The van der Waals surface area contributed by atoms with E-state index in [9.17, 15) is 0 Å². The van der Waals surface area contributed by atoms with Gasteiger partial charge in [-0.2, -0.15) is 0 Å². The van der Waals surface area contributed by atoms with E-state index in [-0.39, 0.29) is 0 Å². The molecule has 0 atom stereocenters. The lowest BCUT2D eigenvalue weighted by Crippen LogP contribution is -2.36. The Morgan fingerprint density at radius 1 is 1.00 bits per heavy atom. The first-order chi connectivity index (χ1) is 11.8. The van der Waals surface area contributed by atoms with Gasteiger partial charge in [0.05, 0.1) is 13.7 Å². The lowest BCUT2D eigenvalue weighted by atomic mass is 10.2. The second-order valence-electron chi connectivity index (χ2n) is 5.17. The van der Waals surface area contributed by atoms with Crippen LogP contribution in [0.15, 0.2) is 53.5 Å². The Balaban J connectivity index is 1.88. The quantitative estimate of drug-likeness (QED) is 0.606. The normalized spacial score (nSPS) is 11.0. The molecule has 0 radical (unpaired) electrons. The van der Waals surface area contributed by atoms with Gasteiger partial charge in [-0.1, -0.05) is 30.3 Å². The molecule has 0 bridgehead atoms. The molecule has 24 heavy (non-hydrogen) atoms. The summed E-state index contributed by atoms with van der Waals surface area (Å²) in [4.78, 5) is 4.26. The van der Waals surface area contributed by atoms with Crippen LogP contribution in [0, 0.1) is 0 Å². The smallest absolute Gasteiger partial charge is 0.191 e. The first-order valence-electron chi connectivity index (χ1n) is 8.05. The third kappa shape index (κ3) is 5.19. The monoisotopic (exact) mass is 327 g/mol. The maximum atomic E-state index is 5.64. The summed E-state index contributed by atoms with van der Waals surface area (Å²) in [7, 11) is 3.43.